The van der Waals surface area contributed by atoms with Gasteiger partial charge in [-0.2, -0.15) is 0 Å². The molecule has 7 heterocycles. The number of aromatic amines is 1. The first-order chi connectivity index (χ1) is 33.3. The highest BCUT2D eigenvalue weighted by Gasteiger charge is 2.78. The Kier molecular flexibility index (Phi) is 12.8. The lowest BCUT2D eigenvalue weighted by molar-refractivity contribution is -0.204. The number of hydrazine groups is 1. The molecule has 1 saturated carbocycles. The molecule has 2 saturated heterocycles. The van der Waals surface area contributed by atoms with Gasteiger partial charge in [0.1, 0.15) is 30.1 Å². The zero-order valence-electron chi connectivity index (χ0n) is 39.6. The molecule has 69 heavy (non-hydrogen) atoms. The number of methoxy groups -OCH3 is 1. The number of fused-ring (bicyclic) bond motifs is 6. The van der Waals surface area contributed by atoms with Crippen molar-refractivity contribution in [2.24, 2.45) is 11.3 Å². The number of likely N-dealkylation sites (N-methyl/N-ethyl adjacent to an activating group) is 1. The summed E-state index contributed by atoms with van der Waals surface area (Å²) in [4.78, 5) is 55.3. The average Bonchev–Trinajstić information content (AvgIpc) is 4.03. The van der Waals surface area contributed by atoms with E-state index in [0.29, 0.717) is 76.1 Å². The van der Waals surface area contributed by atoms with Crippen LogP contribution in [0.5, 0.6) is 5.75 Å². The number of carbonyl (C=O) groups is 3. The highest BCUT2D eigenvalue weighted by molar-refractivity contribution is 8.76. The van der Waals surface area contributed by atoms with E-state index in [9.17, 15) is 29.7 Å². The topological polar surface area (TPSA) is 202 Å². The summed E-state index contributed by atoms with van der Waals surface area (Å²) in [7, 11) is 6.39. The average molecular weight is 982 g/mol. The number of benzene rings is 2. The number of carbonyl (C=O) groups excluding carboxylic acids is 3. The lowest BCUT2D eigenvalue weighted by Gasteiger charge is -2.63. The molecule has 4 aromatic rings. The first kappa shape index (κ1) is 47.8. The minimum Gasteiger partial charge on any atom is -0.496 e. The second-order valence-electron chi connectivity index (χ2n) is 20.0. The zero-order valence-corrected chi connectivity index (χ0v) is 41.2. The number of nitrogens with zero attached hydrogens (tertiary/aromatic N) is 4. The van der Waals surface area contributed by atoms with Crippen LogP contribution in [-0.2, 0) is 36.3 Å². The number of piperidine rings is 1. The molecule has 3 fully saturated rings. The van der Waals surface area contributed by atoms with Crippen LogP contribution in [0.1, 0.15) is 68.3 Å². The Bertz CT molecular complexity index is 2640. The minimum atomic E-state index is -2.48. The maximum Gasteiger partial charge on any atom is 0.426 e. The van der Waals surface area contributed by atoms with Crippen molar-refractivity contribution in [3.63, 3.8) is 0 Å². The molecule has 2 aromatic heterocycles. The van der Waals surface area contributed by atoms with Gasteiger partial charge >= 0.3 is 6.09 Å². The van der Waals surface area contributed by atoms with Crippen molar-refractivity contribution in [1.82, 2.24) is 30.6 Å². The highest BCUT2D eigenvalue weighted by Crippen LogP contribution is 2.67. The van der Waals surface area contributed by atoms with E-state index in [4.69, 9.17) is 14.2 Å². The molecule has 16 nitrogen and oxygen atoms in total. The quantitative estimate of drug-likeness (QED) is 0.0349. The largest absolute Gasteiger partial charge is 0.496 e. The minimum absolute atomic E-state index is 0.0110. The van der Waals surface area contributed by atoms with E-state index in [2.05, 4.69) is 48.8 Å². The Labute approximate surface area is 410 Å². The van der Waals surface area contributed by atoms with Gasteiger partial charge in [-0.05, 0) is 97.2 Å². The zero-order chi connectivity index (χ0) is 48.3. The Morgan fingerprint density at radius 1 is 1.03 bits per heavy atom. The van der Waals surface area contributed by atoms with E-state index in [-0.39, 0.29) is 25.2 Å². The molecule has 6 N–H and O–H groups in total. The number of aliphatic hydroxyl groups excluding tert-OH is 1. The van der Waals surface area contributed by atoms with E-state index in [1.54, 1.807) is 13.3 Å². The van der Waals surface area contributed by atoms with Crippen LogP contribution in [0.25, 0.3) is 10.9 Å². The second-order valence-corrected chi connectivity index (χ2v) is 22.4. The monoisotopic (exact) mass is 981 g/mol. The third-order valence-corrected chi connectivity index (χ3v) is 18.9. The van der Waals surface area contributed by atoms with Crippen LogP contribution in [0.2, 0.25) is 0 Å². The summed E-state index contributed by atoms with van der Waals surface area (Å²) in [5.74, 6) is 0.00917. The molecule has 6 aliphatic rings. The van der Waals surface area contributed by atoms with Crippen LogP contribution >= 0.6 is 21.6 Å². The van der Waals surface area contributed by atoms with Gasteiger partial charge in [-0.15, -0.1) is 0 Å². The normalized spacial score (nSPS) is 33.2. The number of aromatic nitrogens is 2. The number of nitrogens with one attached hydrogen (secondary N) is 3. The third kappa shape index (κ3) is 7.53. The summed E-state index contributed by atoms with van der Waals surface area (Å²) in [6.45, 7) is 7.86. The second kappa shape index (κ2) is 18.4. The lowest BCUT2D eigenvalue weighted by Crippen LogP contribution is -2.82. The van der Waals surface area contributed by atoms with Crippen molar-refractivity contribution in [2.75, 3.05) is 70.7 Å². The number of H-pyrrole nitrogens is 1. The Hall–Kier alpha value is -4.82. The molecule has 10 atom stereocenters. The van der Waals surface area contributed by atoms with Gasteiger partial charge in [0.25, 0.3) is 12.4 Å². The molecule has 10 rings (SSSR count). The van der Waals surface area contributed by atoms with Gasteiger partial charge in [0.2, 0.25) is 0 Å². The van der Waals surface area contributed by atoms with Crippen molar-refractivity contribution in [1.29, 1.82) is 0 Å². The Morgan fingerprint density at radius 2 is 1.86 bits per heavy atom. The summed E-state index contributed by atoms with van der Waals surface area (Å²) in [5.41, 5.74) is 3.76. The molecule has 1 spiro atoms. The Balaban J connectivity index is 1.08. The molecular weight excluding hydrogens is 919 g/mol. The van der Waals surface area contributed by atoms with E-state index in [1.165, 1.54) is 21.6 Å². The number of aliphatic hydroxyl groups is 3. The maximum atomic E-state index is 14.9. The summed E-state index contributed by atoms with van der Waals surface area (Å²) in [6.07, 6.45) is 6.50. The molecule has 1 aliphatic carbocycles. The van der Waals surface area contributed by atoms with Gasteiger partial charge in [0.15, 0.2) is 5.60 Å². The van der Waals surface area contributed by atoms with Crippen molar-refractivity contribution >= 4 is 56.7 Å². The van der Waals surface area contributed by atoms with Crippen LogP contribution in [0.15, 0.2) is 78.0 Å². The molecule has 2 aromatic carbocycles. The predicted molar refractivity (Wildman–Crippen MR) is 264 cm³/mol. The number of hydrogen-bond acceptors (Lipinski definition) is 15. The summed E-state index contributed by atoms with van der Waals surface area (Å²) < 4.78 is 17.9. The molecule has 2 bridgehead atoms. The molecule has 368 valence electrons. The van der Waals surface area contributed by atoms with E-state index in [1.807, 2.05) is 74.3 Å². The highest BCUT2D eigenvalue weighted by atomic mass is 33.1. The van der Waals surface area contributed by atoms with Gasteiger partial charge in [-0.3, -0.25) is 24.8 Å². The van der Waals surface area contributed by atoms with Gasteiger partial charge in [0, 0.05) is 96.0 Å². The van der Waals surface area contributed by atoms with E-state index >= 15 is 0 Å². The van der Waals surface area contributed by atoms with Crippen molar-refractivity contribution in [2.45, 2.75) is 97.6 Å². The van der Waals surface area contributed by atoms with Crippen molar-refractivity contribution in [3.8, 4) is 5.75 Å². The number of amides is 2. The molecule has 0 radical (unpaired) electrons. The van der Waals surface area contributed by atoms with Crippen molar-refractivity contribution in [3.05, 3.63) is 95.3 Å². The summed E-state index contributed by atoms with van der Waals surface area (Å²) in [5, 5.41) is 40.2. The summed E-state index contributed by atoms with van der Waals surface area (Å²) in [6, 6.07) is 16.6. The Morgan fingerprint density at radius 3 is 2.62 bits per heavy atom. The van der Waals surface area contributed by atoms with Crippen LogP contribution < -0.4 is 20.5 Å². The van der Waals surface area contributed by atoms with Gasteiger partial charge in [0.05, 0.1) is 24.2 Å². The first-order valence-corrected chi connectivity index (χ1v) is 26.5. The SMILES string of the molecule is CC[C@]1(O)C[C@H]2CN(CCc3c([nH]c4ccccc34)[C@@](COC=O)(c3cc4c(cc3OC)N(C)[C@H]3[C@@](O)(C(=O)NNC(=O)OCCSSc5ccccn5)[C@H](O)[C@]5(CC)C=CCN6CC[C@]43[C@@H]65)C2)C1. The fourth-order valence-electron chi connectivity index (χ4n) is 14.0. The number of para-hydroxylation sites is 1. The fourth-order valence-corrected chi connectivity index (χ4v) is 15.7. The van der Waals surface area contributed by atoms with Gasteiger partial charge in [-0.25, -0.2) is 15.2 Å². The fraction of sp³-hybridized carbons (Fsp3) is 0.529. The van der Waals surface area contributed by atoms with Gasteiger partial charge in [-0.1, -0.05) is 61.1 Å². The van der Waals surface area contributed by atoms with E-state index in [0.717, 1.165) is 57.1 Å². The number of pyridine rings is 1. The molecule has 18 heteroatoms. The van der Waals surface area contributed by atoms with Crippen LogP contribution in [-0.4, -0.2) is 149 Å². The molecule has 2 amide bonds. The molecule has 1 unspecified atom stereocenters. The molecular formula is C51H63N7O9S2. The number of hydrogen-bond donors (Lipinski definition) is 6. The number of ether oxygens (including phenoxy) is 3. The molecule has 5 aliphatic heterocycles. The first-order valence-electron chi connectivity index (χ1n) is 24.1. The van der Waals surface area contributed by atoms with Crippen LogP contribution in [0.3, 0.4) is 0 Å². The standard InChI is InChI=1S/C51H63N7O9S2/c1-5-47(63)26-32-27-49(30-66-31-59,41-34(15-20-57(28-32)29-47)33-12-7-8-13-37(33)53-41)36-24-35-38(25-39(36)65-4)56(3)43-50(35)17-21-58-19-11-16-48(6-2,42(50)58)44(60)51(43,64)45(61)54-55-46(62)67-22-23-68-69-40-14-9-10-18-52-40/h7-14,16,18,24-25,31-32,42-44,53,60,63-64H,5-6,15,17,19-23,26-30H2,1-4H3,(H,54,61)(H,55,62)/t32-,42+,43-,44-,47+,48-,49+,50-,51+/m1/s1. The lowest BCUT2D eigenvalue weighted by atomic mass is 9.47. The van der Waals surface area contributed by atoms with Crippen LogP contribution in [0.4, 0.5) is 10.5 Å². The van der Waals surface area contributed by atoms with Crippen molar-refractivity contribution < 1.29 is 43.9 Å². The smallest absolute Gasteiger partial charge is 0.426 e. The summed E-state index contributed by atoms with van der Waals surface area (Å²) >= 11 is 0. The maximum absolute atomic E-state index is 14.9. The van der Waals surface area contributed by atoms with E-state index < -0.39 is 51.6 Å². The predicted octanol–water partition coefficient (Wildman–Crippen LogP) is 4.84. The van der Waals surface area contributed by atoms with Crippen LogP contribution in [0, 0.1) is 11.3 Å². The number of anilines is 1. The number of rotatable bonds is 13. The third-order valence-electron chi connectivity index (χ3n) is 16.7. The van der Waals surface area contributed by atoms with Gasteiger partial charge < -0.3 is 39.4 Å².